The van der Waals surface area contributed by atoms with Crippen molar-refractivity contribution in [1.29, 1.82) is 0 Å². The zero-order valence-electron chi connectivity index (χ0n) is 10.4. The van der Waals surface area contributed by atoms with Crippen molar-refractivity contribution in [2.75, 3.05) is 0 Å². The number of hydrogen-bond acceptors (Lipinski definition) is 2. The predicted molar refractivity (Wildman–Crippen MR) is 63.8 cm³/mol. The summed E-state index contributed by atoms with van der Waals surface area (Å²) in [6.45, 7) is 6.22. The molecule has 0 radical (unpaired) electrons. The Labute approximate surface area is 96.8 Å². The molecule has 3 nitrogen and oxygen atoms in total. The van der Waals surface area contributed by atoms with Crippen LogP contribution in [0, 0.1) is 19.8 Å². The number of aromatic nitrogens is 2. The number of aryl methyl sites for hydroxylation is 1. The lowest BCUT2D eigenvalue weighted by molar-refractivity contribution is 0.112. The Morgan fingerprint density at radius 1 is 1.38 bits per heavy atom. The molecule has 0 aromatic carbocycles. The maximum atomic E-state index is 11.0. The minimum Gasteiger partial charge on any atom is -0.298 e. The summed E-state index contributed by atoms with van der Waals surface area (Å²) in [5.74, 6) is 0.780. The lowest BCUT2D eigenvalue weighted by Gasteiger charge is -2.27. The van der Waals surface area contributed by atoms with Gasteiger partial charge in [-0.3, -0.25) is 9.48 Å². The van der Waals surface area contributed by atoms with Gasteiger partial charge in [-0.15, -0.1) is 0 Å². The lowest BCUT2D eigenvalue weighted by atomic mass is 9.87. The van der Waals surface area contributed by atoms with Gasteiger partial charge in [0.05, 0.1) is 17.3 Å². The quantitative estimate of drug-likeness (QED) is 0.718. The molecular weight excluding hydrogens is 200 g/mol. The molecule has 2 rings (SSSR count). The predicted octanol–water partition coefficient (Wildman–Crippen LogP) is 3.06. The van der Waals surface area contributed by atoms with E-state index in [0.717, 1.165) is 29.2 Å². The normalized spacial score (nSPS) is 25.7. The van der Waals surface area contributed by atoms with Gasteiger partial charge in [-0.1, -0.05) is 19.8 Å². The van der Waals surface area contributed by atoms with Gasteiger partial charge < -0.3 is 0 Å². The molecule has 0 aliphatic heterocycles. The molecule has 16 heavy (non-hydrogen) atoms. The average Bonchev–Trinajstić information content (AvgIpc) is 2.54. The molecule has 1 aromatic rings. The van der Waals surface area contributed by atoms with E-state index in [1.807, 2.05) is 13.8 Å². The molecule has 1 aliphatic rings. The van der Waals surface area contributed by atoms with Crippen LogP contribution in [0.2, 0.25) is 0 Å². The molecule has 3 heteroatoms. The fourth-order valence-corrected chi connectivity index (χ4v) is 2.83. The van der Waals surface area contributed by atoms with E-state index < -0.39 is 0 Å². The number of hydrogen-bond donors (Lipinski definition) is 0. The van der Waals surface area contributed by atoms with Gasteiger partial charge in [-0.25, -0.2) is 0 Å². The van der Waals surface area contributed by atoms with Gasteiger partial charge in [0.2, 0.25) is 0 Å². The summed E-state index contributed by atoms with van der Waals surface area (Å²) in [5, 5.41) is 4.52. The van der Waals surface area contributed by atoms with Crippen LogP contribution >= 0.6 is 0 Å². The first-order valence-electron chi connectivity index (χ1n) is 6.14. The Morgan fingerprint density at radius 3 is 2.69 bits per heavy atom. The van der Waals surface area contributed by atoms with E-state index >= 15 is 0 Å². The molecule has 0 N–H and O–H groups in total. The zero-order valence-corrected chi connectivity index (χ0v) is 10.4. The maximum Gasteiger partial charge on any atom is 0.153 e. The Morgan fingerprint density at radius 2 is 2.12 bits per heavy atom. The van der Waals surface area contributed by atoms with E-state index in [0.29, 0.717) is 6.04 Å². The molecule has 1 aliphatic carbocycles. The number of carbonyl (C=O) groups excluding carboxylic acids is 1. The second-order valence-electron chi connectivity index (χ2n) is 5.07. The van der Waals surface area contributed by atoms with Crippen LogP contribution in [0.1, 0.15) is 60.4 Å². The highest BCUT2D eigenvalue weighted by Gasteiger charge is 2.23. The minimum atomic E-state index is 0.496. The van der Waals surface area contributed by atoms with E-state index in [2.05, 4.69) is 16.7 Å². The molecule has 0 spiro atoms. The summed E-state index contributed by atoms with van der Waals surface area (Å²) >= 11 is 0. The summed E-state index contributed by atoms with van der Waals surface area (Å²) in [5.41, 5.74) is 2.68. The fourth-order valence-electron chi connectivity index (χ4n) is 2.83. The fraction of sp³-hybridized carbons (Fsp3) is 0.692. The van der Waals surface area contributed by atoms with Crippen molar-refractivity contribution in [2.24, 2.45) is 5.92 Å². The van der Waals surface area contributed by atoms with Gasteiger partial charge in [0.15, 0.2) is 6.29 Å². The lowest BCUT2D eigenvalue weighted by Crippen LogP contribution is -2.19. The summed E-state index contributed by atoms with van der Waals surface area (Å²) in [6.07, 6.45) is 5.93. The first kappa shape index (κ1) is 11.4. The third kappa shape index (κ3) is 1.91. The Kier molecular flexibility index (Phi) is 3.13. The van der Waals surface area contributed by atoms with Crippen molar-refractivity contribution in [1.82, 2.24) is 9.78 Å². The van der Waals surface area contributed by atoms with Crippen molar-refractivity contribution in [3.8, 4) is 0 Å². The highest BCUT2D eigenvalue weighted by Crippen LogP contribution is 2.33. The van der Waals surface area contributed by atoms with E-state index in [1.165, 1.54) is 25.7 Å². The van der Waals surface area contributed by atoms with Crippen molar-refractivity contribution in [3.05, 3.63) is 17.0 Å². The van der Waals surface area contributed by atoms with Crippen LogP contribution in [0.5, 0.6) is 0 Å². The van der Waals surface area contributed by atoms with Crippen LogP contribution in [-0.2, 0) is 0 Å². The van der Waals surface area contributed by atoms with Gasteiger partial charge >= 0.3 is 0 Å². The summed E-state index contributed by atoms with van der Waals surface area (Å²) in [4.78, 5) is 11.0. The number of nitrogens with zero attached hydrogens (tertiary/aromatic N) is 2. The third-order valence-corrected chi connectivity index (χ3v) is 3.75. The van der Waals surface area contributed by atoms with Crippen molar-refractivity contribution in [2.45, 2.75) is 52.5 Å². The SMILES string of the molecule is Cc1nn(C2CCCC(C)C2)c(C)c1C=O. The van der Waals surface area contributed by atoms with Crippen molar-refractivity contribution in [3.63, 3.8) is 0 Å². The standard InChI is InChI=1S/C13H20N2O/c1-9-5-4-6-12(7-9)15-11(3)13(8-16)10(2)14-15/h8-9,12H,4-7H2,1-3H3. The molecule has 88 valence electrons. The van der Waals surface area contributed by atoms with Crippen LogP contribution in [0.3, 0.4) is 0 Å². The molecule has 0 bridgehead atoms. The van der Waals surface area contributed by atoms with E-state index in [4.69, 9.17) is 0 Å². The van der Waals surface area contributed by atoms with Crippen LogP contribution < -0.4 is 0 Å². The molecule has 1 heterocycles. The highest BCUT2D eigenvalue weighted by molar-refractivity contribution is 5.78. The Balaban J connectivity index is 2.29. The van der Waals surface area contributed by atoms with E-state index in [9.17, 15) is 4.79 Å². The van der Waals surface area contributed by atoms with E-state index in [-0.39, 0.29) is 0 Å². The van der Waals surface area contributed by atoms with Crippen LogP contribution in [-0.4, -0.2) is 16.1 Å². The first-order valence-corrected chi connectivity index (χ1v) is 6.14. The van der Waals surface area contributed by atoms with E-state index in [1.54, 1.807) is 0 Å². The molecule has 0 amide bonds. The van der Waals surface area contributed by atoms with Crippen LogP contribution in [0.4, 0.5) is 0 Å². The van der Waals surface area contributed by atoms with Crippen molar-refractivity contribution >= 4 is 6.29 Å². The second kappa shape index (κ2) is 4.40. The van der Waals surface area contributed by atoms with Crippen LogP contribution in [0.25, 0.3) is 0 Å². The third-order valence-electron chi connectivity index (χ3n) is 3.75. The molecule has 2 atom stereocenters. The zero-order chi connectivity index (χ0) is 11.7. The van der Waals surface area contributed by atoms with Crippen molar-refractivity contribution < 1.29 is 4.79 Å². The summed E-state index contributed by atoms with van der Waals surface area (Å²) in [6, 6.07) is 0.496. The van der Waals surface area contributed by atoms with Gasteiger partial charge in [0.25, 0.3) is 0 Å². The topological polar surface area (TPSA) is 34.9 Å². The van der Waals surface area contributed by atoms with Gasteiger partial charge in [0, 0.05) is 5.69 Å². The smallest absolute Gasteiger partial charge is 0.153 e. The average molecular weight is 220 g/mol. The molecule has 0 saturated heterocycles. The Hall–Kier alpha value is -1.12. The van der Waals surface area contributed by atoms with Gasteiger partial charge in [-0.05, 0) is 32.6 Å². The Bertz CT molecular complexity index is 395. The molecule has 1 saturated carbocycles. The number of aldehydes is 1. The van der Waals surface area contributed by atoms with Gasteiger partial charge in [-0.2, -0.15) is 5.10 Å². The summed E-state index contributed by atoms with van der Waals surface area (Å²) < 4.78 is 2.08. The maximum absolute atomic E-state index is 11.0. The molecular formula is C13H20N2O. The van der Waals surface area contributed by atoms with Gasteiger partial charge in [0.1, 0.15) is 0 Å². The largest absolute Gasteiger partial charge is 0.298 e. The molecule has 2 unspecified atom stereocenters. The highest BCUT2D eigenvalue weighted by atomic mass is 16.1. The molecule has 1 fully saturated rings. The first-order chi connectivity index (χ1) is 7.63. The number of carbonyl (C=O) groups is 1. The summed E-state index contributed by atoms with van der Waals surface area (Å²) in [7, 11) is 0. The minimum absolute atomic E-state index is 0.496. The molecule has 1 aromatic heterocycles. The monoisotopic (exact) mass is 220 g/mol. The number of rotatable bonds is 2. The van der Waals surface area contributed by atoms with Crippen LogP contribution in [0.15, 0.2) is 0 Å². The second-order valence-corrected chi connectivity index (χ2v) is 5.07.